The van der Waals surface area contributed by atoms with Crippen LogP contribution < -0.4 is 0 Å². The second kappa shape index (κ2) is 5.84. The molecule has 0 N–H and O–H groups in total. The monoisotopic (exact) mass is 188 g/mol. The van der Waals surface area contributed by atoms with Crippen molar-refractivity contribution in [3.8, 4) is 0 Å². The number of hydrogen-bond acceptors (Lipinski definition) is 3. The third-order valence-electron chi connectivity index (χ3n) is 2.03. The number of thioether (sulfide) groups is 1. The van der Waals surface area contributed by atoms with Gasteiger partial charge in [-0.1, -0.05) is 13.8 Å². The molecule has 3 heteroatoms. The molecule has 0 aliphatic carbocycles. The normalized spacial score (nSPS) is 21.5. The molecule has 1 saturated heterocycles. The molecule has 0 aromatic heterocycles. The summed E-state index contributed by atoms with van der Waals surface area (Å²) >= 11 is 2.04. The smallest absolute Gasteiger partial charge is 0.0521 e. The minimum Gasteiger partial charge on any atom is -0.281 e. The molecule has 1 aliphatic rings. The van der Waals surface area contributed by atoms with Crippen LogP contribution in [0.2, 0.25) is 0 Å². The molecule has 72 valence electrons. The Balaban J connectivity index is 2.20. The van der Waals surface area contributed by atoms with E-state index in [1.54, 1.807) is 0 Å². The van der Waals surface area contributed by atoms with Gasteiger partial charge in [-0.25, -0.2) is 0 Å². The van der Waals surface area contributed by atoms with Gasteiger partial charge in [0.2, 0.25) is 0 Å². The fraction of sp³-hybridized carbons (Fsp3) is 1.00. The van der Waals surface area contributed by atoms with Crippen LogP contribution in [0.1, 0.15) is 26.7 Å². The quantitative estimate of drug-likeness (QED) is 0.666. The SMILES string of the molecule is CCCN1CSCN(CCC)C1. The van der Waals surface area contributed by atoms with Crippen LogP contribution in [0.5, 0.6) is 0 Å². The summed E-state index contributed by atoms with van der Waals surface area (Å²) in [5.74, 6) is 2.46. The van der Waals surface area contributed by atoms with Gasteiger partial charge in [0, 0.05) is 11.8 Å². The molecule has 0 amide bonds. The van der Waals surface area contributed by atoms with E-state index in [1.807, 2.05) is 11.8 Å². The molecule has 12 heavy (non-hydrogen) atoms. The molecule has 0 aromatic carbocycles. The van der Waals surface area contributed by atoms with E-state index in [1.165, 1.54) is 44.4 Å². The summed E-state index contributed by atoms with van der Waals surface area (Å²) in [6.07, 6.45) is 2.56. The van der Waals surface area contributed by atoms with E-state index in [2.05, 4.69) is 23.6 Å². The first-order chi connectivity index (χ1) is 5.86. The minimum absolute atomic E-state index is 1.19. The third-order valence-corrected chi connectivity index (χ3v) is 3.12. The molecule has 0 saturated carbocycles. The lowest BCUT2D eigenvalue weighted by atomic mass is 10.4. The van der Waals surface area contributed by atoms with Crippen LogP contribution >= 0.6 is 11.8 Å². The topological polar surface area (TPSA) is 6.48 Å². The highest BCUT2D eigenvalue weighted by molar-refractivity contribution is 7.99. The summed E-state index contributed by atoms with van der Waals surface area (Å²) in [6, 6.07) is 0. The molecule has 1 fully saturated rings. The number of hydrogen-bond donors (Lipinski definition) is 0. The lowest BCUT2D eigenvalue weighted by Gasteiger charge is -2.34. The first-order valence-corrected chi connectivity index (χ1v) is 6.04. The van der Waals surface area contributed by atoms with Gasteiger partial charge < -0.3 is 0 Å². The summed E-state index contributed by atoms with van der Waals surface area (Å²) in [6.45, 7) is 8.21. The maximum Gasteiger partial charge on any atom is 0.0521 e. The highest BCUT2D eigenvalue weighted by Crippen LogP contribution is 2.14. The van der Waals surface area contributed by atoms with E-state index < -0.39 is 0 Å². The van der Waals surface area contributed by atoms with Gasteiger partial charge in [0.25, 0.3) is 0 Å². The van der Waals surface area contributed by atoms with Crippen LogP contribution in [0.3, 0.4) is 0 Å². The van der Waals surface area contributed by atoms with Crippen molar-refractivity contribution in [2.45, 2.75) is 26.7 Å². The van der Waals surface area contributed by atoms with Crippen LogP contribution in [0.25, 0.3) is 0 Å². The van der Waals surface area contributed by atoms with Gasteiger partial charge in [0.1, 0.15) is 0 Å². The van der Waals surface area contributed by atoms with Crippen LogP contribution in [-0.4, -0.2) is 41.3 Å². The third kappa shape index (κ3) is 3.33. The summed E-state index contributed by atoms with van der Waals surface area (Å²) < 4.78 is 0. The molecule has 0 spiro atoms. The second-order valence-electron chi connectivity index (χ2n) is 3.39. The predicted molar refractivity (Wildman–Crippen MR) is 56.2 cm³/mol. The van der Waals surface area contributed by atoms with Crippen LogP contribution in [0, 0.1) is 0 Å². The highest BCUT2D eigenvalue weighted by atomic mass is 32.2. The molecule has 1 aliphatic heterocycles. The molecule has 0 atom stereocenters. The van der Waals surface area contributed by atoms with Crippen molar-refractivity contribution in [2.24, 2.45) is 0 Å². The lowest BCUT2D eigenvalue weighted by molar-refractivity contribution is 0.158. The fourth-order valence-corrected chi connectivity index (χ4v) is 2.59. The van der Waals surface area contributed by atoms with Crippen molar-refractivity contribution in [1.29, 1.82) is 0 Å². The van der Waals surface area contributed by atoms with Crippen molar-refractivity contribution in [3.63, 3.8) is 0 Å². The Hall–Kier alpha value is 0.270. The second-order valence-corrected chi connectivity index (χ2v) is 4.32. The molecule has 1 heterocycles. The van der Waals surface area contributed by atoms with Crippen molar-refractivity contribution in [3.05, 3.63) is 0 Å². The van der Waals surface area contributed by atoms with Crippen molar-refractivity contribution >= 4 is 11.8 Å². The first-order valence-electron chi connectivity index (χ1n) is 4.89. The van der Waals surface area contributed by atoms with Gasteiger partial charge >= 0.3 is 0 Å². The molecular formula is C9H20N2S. The fourth-order valence-electron chi connectivity index (χ4n) is 1.57. The highest BCUT2D eigenvalue weighted by Gasteiger charge is 2.15. The maximum absolute atomic E-state index is 2.53. The summed E-state index contributed by atoms with van der Waals surface area (Å²) in [5, 5.41) is 0. The molecule has 0 aromatic rings. The van der Waals surface area contributed by atoms with Gasteiger partial charge in [0.15, 0.2) is 0 Å². The van der Waals surface area contributed by atoms with Crippen LogP contribution in [0.4, 0.5) is 0 Å². The van der Waals surface area contributed by atoms with E-state index in [0.717, 1.165) is 0 Å². The van der Waals surface area contributed by atoms with E-state index in [4.69, 9.17) is 0 Å². The van der Waals surface area contributed by atoms with E-state index in [9.17, 15) is 0 Å². The Bertz CT molecular complexity index is 103. The summed E-state index contributed by atoms with van der Waals surface area (Å²) in [5.41, 5.74) is 0. The average Bonchev–Trinajstić information content (AvgIpc) is 2.06. The van der Waals surface area contributed by atoms with E-state index in [-0.39, 0.29) is 0 Å². The Morgan fingerprint density at radius 1 is 1.00 bits per heavy atom. The molecule has 0 bridgehead atoms. The molecule has 0 radical (unpaired) electrons. The van der Waals surface area contributed by atoms with Gasteiger partial charge in [-0.15, -0.1) is 11.8 Å². The minimum atomic E-state index is 1.19. The lowest BCUT2D eigenvalue weighted by Crippen LogP contribution is -2.42. The Labute approximate surface area is 80.3 Å². The zero-order valence-electron chi connectivity index (χ0n) is 8.25. The molecular weight excluding hydrogens is 168 g/mol. The van der Waals surface area contributed by atoms with Crippen LogP contribution in [-0.2, 0) is 0 Å². The number of rotatable bonds is 4. The van der Waals surface area contributed by atoms with E-state index >= 15 is 0 Å². The van der Waals surface area contributed by atoms with Crippen molar-refractivity contribution in [2.75, 3.05) is 31.5 Å². The Morgan fingerprint density at radius 3 is 1.92 bits per heavy atom. The predicted octanol–water partition coefficient (Wildman–Crippen LogP) is 2.03. The van der Waals surface area contributed by atoms with Gasteiger partial charge in [-0.3, -0.25) is 9.80 Å². The summed E-state index contributed by atoms with van der Waals surface area (Å²) in [4.78, 5) is 5.06. The summed E-state index contributed by atoms with van der Waals surface area (Å²) in [7, 11) is 0. The van der Waals surface area contributed by atoms with E-state index in [0.29, 0.717) is 0 Å². The standard InChI is InChI=1S/C9H20N2S/c1-3-5-10-7-11(6-4-2)9-12-8-10/h3-9H2,1-2H3. The van der Waals surface area contributed by atoms with Crippen molar-refractivity contribution < 1.29 is 0 Å². The molecule has 2 nitrogen and oxygen atoms in total. The molecule has 0 unspecified atom stereocenters. The van der Waals surface area contributed by atoms with Crippen LogP contribution in [0.15, 0.2) is 0 Å². The first kappa shape index (κ1) is 10.4. The van der Waals surface area contributed by atoms with Gasteiger partial charge in [-0.2, -0.15) is 0 Å². The average molecular weight is 188 g/mol. The Kier molecular flexibility index (Phi) is 5.04. The number of nitrogens with zero attached hydrogens (tertiary/aromatic N) is 2. The zero-order chi connectivity index (χ0) is 8.81. The van der Waals surface area contributed by atoms with Gasteiger partial charge in [-0.05, 0) is 25.9 Å². The van der Waals surface area contributed by atoms with Crippen molar-refractivity contribution in [1.82, 2.24) is 9.80 Å². The maximum atomic E-state index is 2.53. The zero-order valence-corrected chi connectivity index (χ0v) is 9.07. The largest absolute Gasteiger partial charge is 0.281 e. The Morgan fingerprint density at radius 2 is 1.50 bits per heavy atom. The molecule has 1 rings (SSSR count). The van der Waals surface area contributed by atoms with Gasteiger partial charge in [0.05, 0.1) is 6.67 Å².